The minimum Gasteiger partial charge on any atom is -0.512 e. The van der Waals surface area contributed by atoms with E-state index in [1.807, 2.05) is 20.8 Å². The summed E-state index contributed by atoms with van der Waals surface area (Å²) in [6.45, 7) is 8.01. The van der Waals surface area contributed by atoms with Crippen LogP contribution in [-0.4, -0.2) is 53.6 Å². The Balaban J connectivity index is 1.88. The van der Waals surface area contributed by atoms with Gasteiger partial charge in [-0.25, -0.2) is 0 Å². The van der Waals surface area contributed by atoms with E-state index in [-0.39, 0.29) is 23.5 Å². The summed E-state index contributed by atoms with van der Waals surface area (Å²) >= 11 is 0. The molecule has 124 valence electrons. The molecule has 0 unspecified atom stereocenters. The summed E-state index contributed by atoms with van der Waals surface area (Å²) in [5, 5.41) is 20.3. The van der Waals surface area contributed by atoms with Crippen LogP contribution in [-0.2, 0) is 9.53 Å². The third-order valence-electron chi connectivity index (χ3n) is 4.33. The van der Waals surface area contributed by atoms with E-state index in [2.05, 4.69) is 10.2 Å². The molecule has 6 heteroatoms. The fraction of sp³-hybridized carbons (Fsp3) is 0.750. The molecule has 6 nitrogen and oxygen atoms in total. The predicted octanol–water partition coefficient (Wildman–Crippen LogP) is 1.82. The Morgan fingerprint density at radius 3 is 2.45 bits per heavy atom. The number of allylic oxidation sites excluding steroid dienone is 1. The Labute approximate surface area is 132 Å². The fourth-order valence-electron chi connectivity index (χ4n) is 2.75. The van der Waals surface area contributed by atoms with Crippen molar-refractivity contribution in [3.63, 3.8) is 0 Å². The van der Waals surface area contributed by atoms with Gasteiger partial charge in [0, 0.05) is 37.3 Å². The van der Waals surface area contributed by atoms with Crippen molar-refractivity contribution >= 4 is 11.7 Å². The van der Waals surface area contributed by atoms with E-state index in [0.29, 0.717) is 6.04 Å². The maximum absolute atomic E-state index is 12.3. The highest BCUT2D eigenvalue weighted by molar-refractivity contribution is 6.04. The second-order valence-corrected chi connectivity index (χ2v) is 7.07. The first-order chi connectivity index (χ1) is 10.3. The first-order valence-electron chi connectivity index (χ1n) is 7.93. The first kappa shape index (κ1) is 17.0. The van der Waals surface area contributed by atoms with Gasteiger partial charge in [0.25, 0.3) is 0 Å². The monoisotopic (exact) mass is 309 g/mol. The van der Waals surface area contributed by atoms with E-state index in [1.165, 1.54) is 6.08 Å². The molecule has 22 heavy (non-hydrogen) atoms. The van der Waals surface area contributed by atoms with Gasteiger partial charge < -0.3 is 15.2 Å². The minimum absolute atomic E-state index is 0.0590. The van der Waals surface area contributed by atoms with Gasteiger partial charge in [-0.3, -0.25) is 15.1 Å². The molecule has 2 aliphatic heterocycles. The van der Waals surface area contributed by atoms with Crippen LogP contribution in [0, 0.1) is 10.8 Å². The van der Waals surface area contributed by atoms with Gasteiger partial charge in [-0.05, 0) is 19.3 Å². The molecule has 0 aliphatic carbocycles. The lowest BCUT2D eigenvalue weighted by molar-refractivity contribution is -0.133. The molecule has 1 amide bonds. The molecule has 0 radical (unpaired) electrons. The molecule has 0 spiro atoms. The number of amidine groups is 1. The average Bonchev–Trinajstić information content (AvgIpc) is 2.37. The Kier molecular flexibility index (Phi) is 5.24. The Morgan fingerprint density at radius 1 is 1.32 bits per heavy atom. The zero-order valence-electron chi connectivity index (χ0n) is 13.7. The highest BCUT2D eigenvalue weighted by atomic mass is 16.5. The summed E-state index contributed by atoms with van der Waals surface area (Å²) in [4.78, 5) is 14.5. The molecule has 2 fully saturated rings. The summed E-state index contributed by atoms with van der Waals surface area (Å²) in [5.74, 6) is -0.121. The van der Waals surface area contributed by atoms with Crippen molar-refractivity contribution in [2.75, 3.05) is 19.8 Å². The van der Waals surface area contributed by atoms with Crippen LogP contribution in [0.2, 0.25) is 0 Å². The van der Waals surface area contributed by atoms with E-state index in [9.17, 15) is 9.90 Å². The largest absolute Gasteiger partial charge is 0.512 e. The normalized spacial score (nSPS) is 24.7. The predicted molar refractivity (Wildman–Crippen MR) is 85.0 cm³/mol. The number of aliphatic hydroxyl groups excluding tert-OH is 1. The number of carbonyl (C=O) groups is 1. The van der Waals surface area contributed by atoms with Crippen molar-refractivity contribution in [2.45, 2.75) is 52.1 Å². The number of carbonyl (C=O) groups excluding carboxylic acids is 1. The van der Waals surface area contributed by atoms with E-state index in [1.54, 1.807) is 0 Å². The quantitative estimate of drug-likeness (QED) is 0.422. The van der Waals surface area contributed by atoms with Crippen LogP contribution in [0.25, 0.3) is 0 Å². The molecule has 1 atom stereocenters. The summed E-state index contributed by atoms with van der Waals surface area (Å²) in [7, 11) is 0. The van der Waals surface area contributed by atoms with Gasteiger partial charge in [0.15, 0.2) is 0 Å². The number of nitrogens with one attached hydrogen (secondary N) is 2. The van der Waals surface area contributed by atoms with Crippen LogP contribution >= 0.6 is 0 Å². The molecule has 2 saturated heterocycles. The molecule has 0 aromatic heterocycles. The van der Waals surface area contributed by atoms with Gasteiger partial charge >= 0.3 is 0 Å². The van der Waals surface area contributed by atoms with Crippen LogP contribution in [0.3, 0.4) is 0 Å². The summed E-state index contributed by atoms with van der Waals surface area (Å²) in [6, 6.07) is 0.250. The van der Waals surface area contributed by atoms with Crippen molar-refractivity contribution in [3.05, 3.63) is 11.8 Å². The summed E-state index contributed by atoms with van der Waals surface area (Å²) in [6.07, 6.45) is 4.07. The zero-order valence-corrected chi connectivity index (χ0v) is 13.7. The molecule has 2 heterocycles. The number of amides is 1. The van der Waals surface area contributed by atoms with Gasteiger partial charge in [0.05, 0.1) is 6.04 Å². The molecule has 2 aliphatic rings. The highest BCUT2D eigenvalue weighted by Crippen LogP contribution is 2.26. The summed E-state index contributed by atoms with van der Waals surface area (Å²) < 4.78 is 5.36. The van der Waals surface area contributed by atoms with Crippen LogP contribution in [0.4, 0.5) is 0 Å². The van der Waals surface area contributed by atoms with Crippen LogP contribution in [0.1, 0.15) is 40.0 Å². The maximum atomic E-state index is 12.3. The topological polar surface area (TPSA) is 85.7 Å². The maximum Gasteiger partial charge on any atom is 0.242 e. The van der Waals surface area contributed by atoms with Gasteiger partial charge in [0.2, 0.25) is 5.91 Å². The second-order valence-electron chi connectivity index (χ2n) is 7.07. The SMILES string of the molecule is CC(C)(C)/C(O)=C/C(=N)NC(=O)[C@@H]1CCN1C1CCOCC1. The second kappa shape index (κ2) is 6.79. The van der Waals surface area contributed by atoms with Crippen molar-refractivity contribution in [1.29, 1.82) is 5.41 Å². The molecule has 2 rings (SSSR count). The lowest BCUT2D eigenvalue weighted by atomic mass is 9.93. The Morgan fingerprint density at radius 2 is 1.95 bits per heavy atom. The van der Waals surface area contributed by atoms with Crippen LogP contribution in [0.15, 0.2) is 11.8 Å². The van der Waals surface area contributed by atoms with Gasteiger partial charge in [-0.1, -0.05) is 20.8 Å². The number of likely N-dealkylation sites (tertiary alicyclic amines) is 1. The number of ether oxygens (including phenoxy) is 1. The van der Waals surface area contributed by atoms with E-state index < -0.39 is 5.41 Å². The van der Waals surface area contributed by atoms with Crippen molar-refractivity contribution in [3.8, 4) is 0 Å². The third-order valence-corrected chi connectivity index (χ3v) is 4.33. The Hall–Kier alpha value is -1.40. The smallest absolute Gasteiger partial charge is 0.242 e. The molecule has 0 aromatic rings. The molecule has 0 saturated carbocycles. The molecule has 3 N–H and O–H groups in total. The number of rotatable bonds is 3. The van der Waals surface area contributed by atoms with Crippen LogP contribution < -0.4 is 5.32 Å². The summed E-state index contributed by atoms with van der Waals surface area (Å²) in [5.41, 5.74) is -0.429. The zero-order chi connectivity index (χ0) is 16.3. The number of aliphatic hydroxyl groups is 1. The minimum atomic E-state index is -0.429. The standard InChI is InChI=1S/C16H27N3O3/c1-16(2,3)13(20)10-14(17)18-15(21)12-4-7-19(12)11-5-8-22-9-6-11/h10-12,20H,4-9H2,1-3H3,(H2,17,18,21)/b13-10-/t12-/m0/s1. The van der Waals surface area contributed by atoms with Gasteiger partial charge in [-0.2, -0.15) is 0 Å². The van der Waals surface area contributed by atoms with Crippen molar-refractivity contribution < 1.29 is 14.6 Å². The third kappa shape index (κ3) is 4.08. The fourth-order valence-corrected chi connectivity index (χ4v) is 2.75. The lowest BCUT2D eigenvalue weighted by Gasteiger charge is -2.46. The first-order valence-corrected chi connectivity index (χ1v) is 7.93. The number of hydrogen-bond donors (Lipinski definition) is 3. The van der Waals surface area contributed by atoms with E-state index >= 15 is 0 Å². The molecule has 0 bridgehead atoms. The molecular formula is C16H27N3O3. The van der Waals surface area contributed by atoms with Crippen molar-refractivity contribution in [1.82, 2.24) is 10.2 Å². The molecule has 0 aromatic carbocycles. The number of hydrogen-bond acceptors (Lipinski definition) is 5. The van der Waals surface area contributed by atoms with E-state index in [0.717, 1.165) is 39.0 Å². The van der Waals surface area contributed by atoms with Gasteiger partial charge in [0.1, 0.15) is 11.6 Å². The highest BCUT2D eigenvalue weighted by Gasteiger charge is 2.39. The number of nitrogens with zero attached hydrogens (tertiary/aromatic N) is 1. The lowest BCUT2D eigenvalue weighted by Crippen LogP contribution is -2.61. The van der Waals surface area contributed by atoms with E-state index in [4.69, 9.17) is 10.1 Å². The van der Waals surface area contributed by atoms with Crippen LogP contribution in [0.5, 0.6) is 0 Å². The van der Waals surface area contributed by atoms with Gasteiger partial charge in [-0.15, -0.1) is 0 Å². The van der Waals surface area contributed by atoms with Crippen molar-refractivity contribution in [2.24, 2.45) is 5.41 Å². The Bertz CT molecular complexity index is 462. The molecular weight excluding hydrogens is 282 g/mol. The average molecular weight is 309 g/mol.